The lowest BCUT2D eigenvalue weighted by molar-refractivity contribution is 1.04. The molecule has 3 rings (SSSR count). The molecule has 4 nitrogen and oxygen atoms in total. The lowest BCUT2D eigenvalue weighted by atomic mass is 10.1. The Morgan fingerprint density at radius 2 is 1.61 bits per heavy atom. The molecule has 0 aliphatic heterocycles. The number of nitrogens with two attached hydrogens (primary N) is 1. The summed E-state index contributed by atoms with van der Waals surface area (Å²) in [7, 11) is 0. The molecule has 3 aromatic rings. The van der Waals surface area contributed by atoms with Crippen molar-refractivity contribution in [1.29, 1.82) is 0 Å². The number of nitrogens with one attached hydrogen (secondary N) is 1. The summed E-state index contributed by atoms with van der Waals surface area (Å²) in [6.45, 7) is 0. The molecule has 0 aliphatic carbocycles. The summed E-state index contributed by atoms with van der Waals surface area (Å²) < 4.78 is 0. The SMILES string of the molecule is Nc1nc(Cc2c(Cl)cccc2Cl)cc(Nc2ccccc2)n1. The molecule has 1 aromatic heterocycles. The van der Waals surface area contributed by atoms with E-state index in [2.05, 4.69) is 15.3 Å². The van der Waals surface area contributed by atoms with Crippen LogP contribution in [0.2, 0.25) is 10.0 Å². The second-order valence-electron chi connectivity index (χ2n) is 4.97. The molecule has 0 atom stereocenters. The minimum Gasteiger partial charge on any atom is -0.368 e. The molecule has 6 heteroatoms. The minimum absolute atomic E-state index is 0.198. The van der Waals surface area contributed by atoms with Gasteiger partial charge in [-0.05, 0) is 29.8 Å². The third-order valence-corrected chi connectivity index (χ3v) is 3.97. The van der Waals surface area contributed by atoms with Gasteiger partial charge in [-0.25, -0.2) is 4.98 Å². The predicted octanol–water partition coefficient (Wildman–Crippen LogP) is 4.70. The number of halogens is 2. The van der Waals surface area contributed by atoms with Gasteiger partial charge in [0.15, 0.2) is 0 Å². The fourth-order valence-electron chi connectivity index (χ4n) is 2.22. The normalized spacial score (nSPS) is 10.5. The predicted molar refractivity (Wildman–Crippen MR) is 95.4 cm³/mol. The van der Waals surface area contributed by atoms with Gasteiger partial charge in [-0.3, -0.25) is 0 Å². The quantitative estimate of drug-likeness (QED) is 0.719. The van der Waals surface area contributed by atoms with Crippen LogP contribution in [-0.4, -0.2) is 9.97 Å². The van der Waals surface area contributed by atoms with Crippen molar-refractivity contribution in [1.82, 2.24) is 9.97 Å². The van der Waals surface area contributed by atoms with Crippen molar-refractivity contribution in [2.45, 2.75) is 6.42 Å². The van der Waals surface area contributed by atoms with Gasteiger partial charge in [0.25, 0.3) is 0 Å². The number of rotatable bonds is 4. The minimum atomic E-state index is 0.198. The average Bonchev–Trinajstić information content (AvgIpc) is 2.51. The zero-order valence-electron chi connectivity index (χ0n) is 12.1. The van der Waals surface area contributed by atoms with Gasteiger partial charge in [-0.1, -0.05) is 47.5 Å². The molecule has 1 heterocycles. The summed E-state index contributed by atoms with van der Waals surface area (Å²) in [5.41, 5.74) is 8.30. The molecular weight excluding hydrogens is 331 g/mol. The molecule has 0 bridgehead atoms. The van der Waals surface area contributed by atoms with Crippen molar-refractivity contribution in [2.24, 2.45) is 0 Å². The van der Waals surface area contributed by atoms with Crippen LogP contribution in [0.3, 0.4) is 0 Å². The van der Waals surface area contributed by atoms with Crippen LogP contribution in [0.4, 0.5) is 17.5 Å². The highest BCUT2D eigenvalue weighted by Gasteiger charge is 2.10. The van der Waals surface area contributed by atoms with Crippen LogP contribution < -0.4 is 11.1 Å². The zero-order valence-corrected chi connectivity index (χ0v) is 13.6. The fraction of sp³-hybridized carbons (Fsp3) is 0.0588. The zero-order chi connectivity index (χ0) is 16.2. The number of anilines is 3. The maximum absolute atomic E-state index is 6.21. The van der Waals surface area contributed by atoms with Crippen molar-refractivity contribution >= 4 is 40.7 Å². The van der Waals surface area contributed by atoms with Crippen molar-refractivity contribution < 1.29 is 0 Å². The average molecular weight is 345 g/mol. The van der Waals surface area contributed by atoms with Crippen molar-refractivity contribution in [3.8, 4) is 0 Å². The largest absolute Gasteiger partial charge is 0.368 e. The molecule has 0 saturated heterocycles. The van der Waals surface area contributed by atoms with E-state index in [9.17, 15) is 0 Å². The van der Waals surface area contributed by atoms with E-state index in [0.717, 1.165) is 16.9 Å². The molecule has 116 valence electrons. The van der Waals surface area contributed by atoms with E-state index in [1.807, 2.05) is 42.5 Å². The van der Waals surface area contributed by atoms with Gasteiger partial charge in [0, 0.05) is 28.2 Å². The Morgan fingerprint density at radius 1 is 0.913 bits per heavy atom. The Bertz CT molecular complexity index is 802. The summed E-state index contributed by atoms with van der Waals surface area (Å²) >= 11 is 12.4. The summed E-state index contributed by atoms with van der Waals surface area (Å²) in [6, 6.07) is 17.0. The first-order valence-corrected chi connectivity index (χ1v) is 7.76. The number of nitrogens with zero attached hydrogens (tertiary/aromatic N) is 2. The molecule has 23 heavy (non-hydrogen) atoms. The number of benzene rings is 2. The highest BCUT2D eigenvalue weighted by Crippen LogP contribution is 2.27. The van der Waals surface area contributed by atoms with E-state index in [4.69, 9.17) is 28.9 Å². The van der Waals surface area contributed by atoms with E-state index in [-0.39, 0.29) is 5.95 Å². The van der Waals surface area contributed by atoms with Crippen LogP contribution in [0.25, 0.3) is 0 Å². The van der Waals surface area contributed by atoms with Gasteiger partial charge < -0.3 is 11.1 Å². The van der Waals surface area contributed by atoms with E-state index in [1.54, 1.807) is 12.1 Å². The van der Waals surface area contributed by atoms with Crippen LogP contribution in [-0.2, 0) is 6.42 Å². The maximum atomic E-state index is 6.21. The monoisotopic (exact) mass is 344 g/mol. The number of para-hydroxylation sites is 1. The molecule has 2 aromatic carbocycles. The van der Waals surface area contributed by atoms with Crippen molar-refractivity contribution in [2.75, 3.05) is 11.1 Å². The third-order valence-electron chi connectivity index (χ3n) is 3.26. The van der Waals surface area contributed by atoms with E-state index >= 15 is 0 Å². The van der Waals surface area contributed by atoms with Crippen LogP contribution in [0, 0.1) is 0 Å². The number of hydrogen-bond donors (Lipinski definition) is 2. The number of nitrogen functional groups attached to an aromatic ring is 1. The van der Waals surface area contributed by atoms with Gasteiger partial charge in [0.2, 0.25) is 5.95 Å². The molecule has 0 aliphatic rings. The topological polar surface area (TPSA) is 63.8 Å². The highest BCUT2D eigenvalue weighted by atomic mass is 35.5. The molecule has 0 spiro atoms. The highest BCUT2D eigenvalue weighted by molar-refractivity contribution is 6.36. The summed E-state index contributed by atoms with van der Waals surface area (Å²) in [4.78, 5) is 8.47. The molecule has 0 radical (unpaired) electrons. The van der Waals surface area contributed by atoms with Gasteiger partial charge >= 0.3 is 0 Å². The second-order valence-corrected chi connectivity index (χ2v) is 5.79. The van der Waals surface area contributed by atoms with E-state index < -0.39 is 0 Å². The standard InChI is InChI=1S/C17H14Cl2N4/c18-14-7-4-8-15(19)13(14)9-12-10-16(23-17(20)22-12)21-11-5-2-1-3-6-11/h1-8,10H,9H2,(H3,20,21,22,23). The fourth-order valence-corrected chi connectivity index (χ4v) is 2.76. The van der Waals surface area contributed by atoms with E-state index in [1.165, 1.54) is 0 Å². The van der Waals surface area contributed by atoms with Crippen LogP contribution in [0.1, 0.15) is 11.3 Å². The summed E-state index contributed by atoms with van der Waals surface area (Å²) in [6.07, 6.45) is 0.481. The first kappa shape index (κ1) is 15.6. The number of hydrogen-bond acceptors (Lipinski definition) is 4. The molecule has 0 unspecified atom stereocenters. The second kappa shape index (κ2) is 6.86. The lowest BCUT2D eigenvalue weighted by Gasteiger charge is -2.10. The van der Waals surface area contributed by atoms with Gasteiger partial charge in [-0.2, -0.15) is 4.98 Å². The van der Waals surface area contributed by atoms with Gasteiger partial charge in [0.1, 0.15) is 5.82 Å². The Balaban J connectivity index is 1.89. The Hall–Kier alpha value is -2.30. The molecule has 0 saturated carbocycles. The van der Waals surface area contributed by atoms with Crippen LogP contribution >= 0.6 is 23.2 Å². The van der Waals surface area contributed by atoms with E-state index in [0.29, 0.717) is 22.3 Å². The first-order valence-electron chi connectivity index (χ1n) is 7.00. The Kier molecular flexibility index (Phi) is 4.65. The lowest BCUT2D eigenvalue weighted by Crippen LogP contribution is -2.04. The molecule has 3 N–H and O–H groups in total. The summed E-state index contributed by atoms with van der Waals surface area (Å²) in [5.74, 6) is 0.825. The smallest absolute Gasteiger partial charge is 0.222 e. The number of aromatic nitrogens is 2. The van der Waals surface area contributed by atoms with Crippen LogP contribution in [0.15, 0.2) is 54.6 Å². The third kappa shape index (κ3) is 3.92. The molecule has 0 amide bonds. The summed E-state index contributed by atoms with van der Waals surface area (Å²) in [5, 5.41) is 4.41. The first-order chi connectivity index (χ1) is 11.1. The van der Waals surface area contributed by atoms with Crippen molar-refractivity contribution in [3.05, 3.63) is 75.9 Å². The molecular formula is C17H14Cl2N4. The van der Waals surface area contributed by atoms with Gasteiger partial charge in [-0.15, -0.1) is 0 Å². The Morgan fingerprint density at radius 3 is 2.30 bits per heavy atom. The van der Waals surface area contributed by atoms with Gasteiger partial charge in [0.05, 0.1) is 5.69 Å². The van der Waals surface area contributed by atoms with Crippen LogP contribution in [0.5, 0.6) is 0 Å². The van der Waals surface area contributed by atoms with Crippen molar-refractivity contribution in [3.63, 3.8) is 0 Å². The Labute approximate surface area is 144 Å². The maximum Gasteiger partial charge on any atom is 0.222 e. The molecule has 0 fully saturated rings.